The topological polar surface area (TPSA) is 71.0 Å². The molecule has 0 spiro atoms. The molecule has 0 atom stereocenters. The van der Waals surface area contributed by atoms with Crippen LogP contribution in [0.4, 0.5) is 0 Å². The smallest absolute Gasteiger partial charge is 0.285 e. The van der Waals surface area contributed by atoms with Crippen molar-refractivity contribution in [1.82, 2.24) is 10.2 Å². The van der Waals surface area contributed by atoms with Gasteiger partial charge in [-0.3, -0.25) is 4.90 Å². The molecule has 0 aliphatic carbocycles. The quantitative estimate of drug-likeness (QED) is 0.509. The molecule has 0 amide bonds. The largest absolute Gasteiger partial charge is 0.494 e. The molecule has 7 heteroatoms. The van der Waals surface area contributed by atoms with Crippen LogP contribution < -0.4 is 10.1 Å². The normalized spacial score (nSPS) is 14.7. The maximum atomic E-state index is 12.1. The summed E-state index contributed by atoms with van der Waals surface area (Å²) in [5.41, 5.74) is 1.89. The second-order valence-corrected chi connectivity index (χ2v) is 10.7. The molecule has 0 radical (unpaired) electrons. The summed E-state index contributed by atoms with van der Waals surface area (Å²) in [5.74, 6) is 2.54. The van der Waals surface area contributed by atoms with Crippen LogP contribution in [0, 0.1) is 11.8 Å². The Morgan fingerprint density at radius 1 is 1.00 bits per heavy atom. The molecular formula is C25H35N3O3S. The third kappa shape index (κ3) is 6.81. The van der Waals surface area contributed by atoms with E-state index in [1.807, 2.05) is 18.2 Å². The van der Waals surface area contributed by atoms with E-state index >= 15 is 0 Å². The van der Waals surface area contributed by atoms with Crippen molar-refractivity contribution in [1.29, 1.82) is 0 Å². The lowest BCUT2D eigenvalue weighted by Gasteiger charge is -2.26. The minimum Gasteiger partial charge on any atom is -0.494 e. The number of nitrogens with zero attached hydrogens (tertiary/aromatic N) is 2. The number of sulfonamides is 1. The van der Waals surface area contributed by atoms with Gasteiger partial charge in [0.15, 0.2) is 0 Å². The van der Waals surface area contributed by atoms with Crippen molar-refractivity contribution in [2.24, 2.45) is 16.2 Å². The first-order valence-electron chi connectivity index (χ1n) is 11.4. The number of amidine groups is 1. The van der Waals surface area contributed by atoms with Gasteiger partial charge in [0.25, 0.3) is 10.0 Å². The Labute approximate surface area is 192 Å². The maximum absolute atomic E-state index is 12.1. The van der Waals surface area contributed by atoms with Crippen LogP contribution >= 0.6 is 0 Å². The van der Waals surface area contributed by atoms with Gasteiger partial charge in [0.1, 0.15) is 16.5 Å². The number of benzene rings is 2. The van der Waals surface area contributed by atoms with Gasteiger partial charge in [-0.1, -0.05) is 52.0 Å². The van der Waals surface area contributed by atoms with Gasteiger partial charge in [0.05, 0.1) is 6.61 Å². The van der Waals surface area contributed by atoms with Gasteiger partial charge in [0, 0.05) is 31.7 Å². The molecule has 1 aliphatic rings. The van der Waals surface area contributed by atoms with E-state index < -0.39 is 10.0 Å². The molecule has 0 saturated carbocycles. The third-order valence-corrected chi connectivity index (χ3v) is 6.40. The minimum absolute atomic E-state index is 0.263. The summed E-state index contributed by atoms with van der Waals surface area (Å²) in [6.45, 7) is 13.2. The van der Waals surface area contributed by atoms with Crippen LogP contribution in [0.3, 0.4) is 0 Å². The average molecular weight is 458 g/mol. The van der Waals surface area contributed by atoms with Crippen LogP contribution in [0.1, 0.15) is 45.2 Å². The molecule has 0 aromatic heterocycles. The molecule has 0 bridgehead atoms. The second-order valence-electron chi connectivity index (χ2n) is 9.17. The van der Waals surface area contributed by atoms with Gasteiger partial charge < -0.3 is 10.1 Å². The molecule has 0 saturated heterocycles. The molecule has 6 nitrogen and oxygen atoms in total. The van der Waals surface area contributed by atoms with Gasteiger partial charge in [0.2, 0.25) is 0 Å². The fourth-order valence-corrected chi connectivity index (χ4v) is 5.13. The van der Waals surface area contributed by atoms with Crippen molar-refractivity contribution in [2.45, 2.75) is 45.6 Å². The molecule has 174 valence electrons. The summed E-state index contributed by atoms with van der Waals surface area (Å²) in [7, 11) is -3.58. The standard InChI is InChI=1S/C25H35N3O3S/c1-19(2)16-28(17-20(3)4)18-21-9-7-10-22(15-21)31-14-8-13-26-25-23-11-5-6-12-24(23)32(29,30)27-25/h5-7,9-12,15,19-20H,8,13-14,16-18H2,1-4H3,(H,26,27). The van der Waals surface area contributed by atoms with E-state index in [-0.39, 0.29) is 4.90 Å². The van der Waals surface area contributed by atoms with Crippen molar-refractivity contribution in [3.05, 3.63) is 59.7 Å². The molecule has 1 aliphatic heterocycles. The highest BCUT2D eigenvalue weighted by Gasteiger charge is 2.27. The van der Waals surface area contributed by atoms with Crippen LogP contribution in [-0.4, -0.2) is 45.4 Å². The Balaban J connectivity index is 1.48. The fraction of sp³-hybridized carbons (Fsp3) is 0.480. The maximum Gasteiger partial charge on any atom is 0.285 e. The van der Waals surface area contributed by atoms with Gasteiger partial charge in [-0.15, -0.1) is 4.40 Å². The predicted molar refractivity (Wildman–Crippen MR) is 130 cm³/mol. The predicted octanol–water partition coefficient (Wildman–Crippen LogP) is 4.31. The first-order chi connectivity index (χ1) is 15.2. The Kier molecular flexibility index (Phi) is 8.32. The Bertz CT molecular complexity index is 1020. The summed E-state index contributed by atoms with van der Waals surface area (Å²) in [4.78, 5) is 2.77. The van der Waals surface area contributed by atoms with E-state index in [0.717, 1.165) is 31.8 Å². The molecular weight excluding hydrogens is 422 g/mol. The summed E-state index contributed by atoms with van der Waals surface area (Å²) >= 11 is 0. The number of rotatable bonds is 11. The lowest BCUT2D eigenvalue weighted by molar-refractivity contribution is 0.211. The summed E-state index contributed by atoms with van der Waals surface area (Å²) < 4.78 is 34.0. The number of fused-ring (bicyclic) bond motifs is 1. The van der Waals surface area contributed by atoms with Crippen LogP contribution in [0.15, 0.2) is 57.8 Å². The van der Waals surface area contributed by atoms with E-state index in [0.29, 0.717) is 36.4 Å². The number of ether oxygens (including phenoxy) is 1. The Morgan fingerprint density at radius 2 is 1.72 bits per heavy atom. The van der Waals surface area contributed by atoms with Gasteiger partial charge >= 0.3 is 0 Å². The summed E-state index contributed by atoms with van der Waals surface area (Å²) in [6.07, 6.45) is 0.734. The van der Waals surface area contributed by atoms with Crippen LogP contribution in [0.25, 0.3) is 0 Å². The molecule has 1 heterocycles. The van der Waals surface area contributed by atoms with E-state index in [2.05, 4.69) is 54.4 Å². The number of hydrogen-bond acceptors (Lipinski definition) is 5. The lowest BCUT2D eigenvalue weighted by Crippen LogP contribution is -2.30. The van der Waals surface area contributed by atoms with Crippen molar-refractivity contribution < 1.29 is 13.2 Å². The number of nitrogens with one attached hydrogen (secondary N) is 1. The molecule has 2 aromatic carbocycles. The SMILES string of the molecule is CC(C)CN(Cc1cccc(OCCCNC2=NS(=O)(=O)c3ccccc32)c1)CC(C)C. The number of hydrogen-bond donors (Lipinski definition) is 1. The highest BCUT2D eigenvalue weighted by Crippen LogP contribution is 2.24. The van der Waals surface area contributed by atoms with Gasteiger partial charge in [-0.05, 0) is 48.1 Å². The van der Waals surface area contributed by atoms with Crippen molar-refractivity contribution in [3.8, 4) is 5.75 Å². The molecule has 0 unspecified atom stereocenters. The summed E-state index contributed by atoms with van der Waals surface area (Å²) in [6, 6.07) is 15.2. The molecule has 32 heavy (non-hydrogen) atoms. The van der Waals surface area contributed by atoms with Crippen LogP contribution in [0.5, 0.6) is 5.75 Å². The highest BCUT2D eigenvalue weighted by molar-refractivity contribution is 7.90. The first kappa shape index (κ1) is 24.3. The zero-order chi connectivity index (χ0) is 23.1. The first-order valence-corrected chi connectivity index (χ1v) is 12.8. The third-order valence-electron chi connectivity index (χ3n) is 5.07. The zero-order valence-electron chi connectivity index (χ0n) is 19.5. The zero-order valence-corrected chi connectivity index (χ0v) is 20.4. The van der Waals surface area contributed by atoms with Crippen molar-refractivity contribution in [3.63, 3.8) is 0 Å². The lowest BCUT2D eigenvalue weighted by atomic mass is 10.1. The fourth-order valence-electron chi connectivity index (χ4n) is 3.93. The minimum atomic E-state index is -3.58. The van der Waals surface area contributed by atoms with Crippen molar-refractivity contribution in [2.75, 3.05) is 26.2 Å². The van der Waals surface area contributed by atoms with E-state index in [4.69, 9.17) is 4.74 Å². The highest BCUT2D eigenvalue weighted by atomic mass is 32.2. The van der Waals surface area contributed by atoms with E-state index in [1.165, 1.54) is 5.56 Å². The average Bonchev–Trinajstić information content (AvgIpc) is 2.97. The van der Waals surface area contributed by atoms with Crippen molar-refractivity contribution >= 4 is 15.9 Å². The Hall–Kier alpha value is -2.38. The van der Waals surface area contributed by atoms with Gasteiger partial charge in [-0.2, -0.15) is 8.42 Å². The van der Waals surface area contributed by atoms with Gasteiger partial charge in [-0.25, -0.2) is 0 Å². The second kappa shape index (κ2) is 11.0. The van der Waals surface area contributed by atoms with E-state index in [9.17, 15) is 8.42 Å². The molecule has 2 aromatic rings. The monoisotopic (exact) mass is 457 g/mol. The molecule has 3 rings (SSSR count). The molecule has 1 N–H and O–H groups in total. The van der Waals surface area contributed by atoms with E-state index in [1.54, 1.807) is 18.2 Å². The molecule has 0 fully saturated rings. The Morgan fingerprint density at radius 3 is 2.44 bits per heavy atom. The van der Waals surface area contributed by atoms with Crippen LogP contribution in [0.2, 0.25) is 0 Å². The van der Waals surface area contributed by atoms with Crippen LogP contribution in [-0.2, 0) is 16.6 Å². The summed E-state index contributed by atoms with van der Waals surface area (Å²) in [5, 5.41) is 3.14.